The monoisotopic (exact) mass is 191 g/mol. The summed E-state index contributed by atoms with van der Waals surface area (Å²) in [5, 5.41) is 27.3. The Hall–Kier alpha value is -1.37. The molecule has 2 N–H and O–H groups in total. The highest BCUT2D eigenvalue weighted by Gasteiger charge is 2.17. The first-order valence-corrected chi connectivity index (χ1v) is 4.45. The second-order valence-corrected chi connectivity index (χ2v) is 3.29. The lowest BCUT2D eigenvalue weighted by molar-refractivity contribution is 0.0216. The van der Waals surface area contributed by atoms with Gasteiger partial charge in [0.1, 0.15) is 6.10 Å². The lowest BCUT2D eigenvalue weighted by Crippen LogP contribution is -2.17. The van der Waals surface area contributed by atoms with E-state index in [0.29, 0.717) is 5.56 Å². The fourth-order valence-electron chi connectivity index (χ4n) is 1.19. The van der Waals surface area contributed by atoms with Gasteiger partial charge in [-0.1, -0.05) is 29.8 Å². The topological polar surface area (TPSA) is 64.2 Å². The molecule has 0 saturated carbocycles. The van der Waals surface area contributed by atoms with E-state index >= 15 is 0 Å². The van der Waals surface area contributed by atoms with Crippen molar-refractivity contribution < 1.29 is 10.2 Å². The molecule has 0 aliphatic carbocycles. The number of aliphatic hydroxyl groups is 2. The molecule has 0 spiro atoms. The highest BCUT2D eigenvalue weighted by atomic mass is 16.3. The minimum absolute atomic E-state index is 0.0605. The normalized spacial score (nSPS) is 14.4. The molecule has 0 aliphatic rings. The molecule has 0 saturated heterocycles. The third-order valence-electron chi connectivity index (χ3n) is 2.08. The summed E-state index contributed by atoms with van der Waals surface area (Å²) in [6, 6.07) is 9.04. The summed E-state index contributed by atoms with van der Waals surface area (Å²) in [4.78, 5) is 0. The number of nitrogens with zero attached hydrogens (tertiary/aromatic N) is 1. The molecule has 14 heavy (non-hydrogen) atoms. The first kappa shape index (κ1) is 10.7. The van der Waals surface area contributed by atoms with Crippen molar-refractivity contribution in [2.45, 2.75) is 25.6 Å². The number of hydrogen-bond donors (Lipinski definition) is 2. The van der Waals surface area contributed by atoms with E-state index in [1.165, 1.54) is 0 Å². The molecule has 0 fully saturated rings. The lowest BCUT2D eigenvalue weighted by atomic mass is 10.0. The van der Waals surface area contributed by atoms with Crippen LogP contribution < -0.4 is 0 Å². The summed E-state index contributed by atoms with van der Waals surface area (Å²) in [6.07, 6.45) is -2.05. The molecule has 1 rings (SSSR count). The van der Waals surface area contributed by atoms with Crippen LogP contribution in [0.3, 0.4) is 0 Å². The number of rotatable bonds is 3. The van der Waals surface area contributed by atoms with Crippen LogP contribution in [0.2, 0.25) is 0 Å². The van der Waals surface area contributed by atoms with Crippen LogP contribution in [0.25, 0.3) is 0 Å². The van der Waals surface area contributed by atoms with E-state index in [0.717, 1.165) is 5.56 Å². The van der Waals surface area contributed by atoms with Crippen molar-refractivity contribution in [1.29, 1.82) is 5.26 Å². The van der Waals surface area contributed by atoms with Gasteiger partial charge in [0.05, 0.1) is 18.6 Å². The van der Waals surface area contributed by atoms with E-state index < -0.39 is 12.2 Å². The molecule has 0 radical (unpaired) electrons. The third-order valence-corrected chi connectivity index (χ3v) is 2.08. The SMILES string of the molecule is Cc1ccc(C(O)C(O)CC#N)cc1. The van der Waals surface area contributed by atoms with Gasteiger partial charge in [-0.15, -0.1) is 0 Å². The summed E-state index contributed by atoms with van der Waals surface area (Å²) >= 11 is 0. The average Bonchev–Trinajstić information content (AvgIpc) is 2.18. The Bertz CT molecular complexity index is 326. The van der Waals surface area contributed by atoms with Gasteiger partial charge in [-0.3, -0.25) is 0 Å². The molecular formula is C11H13NO2. The number of benzene rings is 1. The predicted molar refractivity (Wildman–Crippen MR) is 52.4 cm³/mol. The Kier molecular flexibility index (Phi) is 3.63. The van der Waals surface area contributed by atoms with E-state index in [1.807, 2.05) is 25.1 Å². The Labute approximate surface area is 83.2 Å². The maximum atomic E-state index is 9.61. The summed E-state index contributed by atoms with van der Waals surface area (Å²) in [5.74, 6) is 0. The maximum Gasteiger partial charge on any atom is 0.106 e. The Morgan fingerprint density at radius 3 is 2.36 bits per heavy atom. The van der Waals surface area contributed by atoms with Crippen LogP contribution >= 0.6 is 0 Å². The van der Waals surface area contributed by atoms with Gasteiger partial charge in [0, 0.05) is 0 Å². The largest absolute Gasteiger partial charge is 0.389 e. The highest BCUT2D eigenvalue weighted by Crippen LogP contribution is 2.18. The highest BCUT2D eigenvalue weighted by molar-refractivity contribution is 5.23. The van der Waals surface area contributed by atoms with Crippen molar-refractivity contribution in [3.05, 3.63) is 35.4 Å². The van der Waals surface area contributed by atoms with Gasteiger partial charge in [0.2, 0.25) is 0 Å². The van der Waals surface area contributed by atoms with Crippen LogP contribution in [-0.2, 0) is 0 Å². The summed E-state index contributed by atoms with van der Waals surface area (Å²) in [6.45, 7) is 1.95. The standard InChI is InChI=1S/C11H13NO2/c1-8-2-4-9(5-3-8)11(14)10(13)6-7-12/h2-5,10-11,13-14H,6H2,1H3. The lowest BCUT2D eigenvalue weighted by Gasteiger charge is -2.15. The molecule has 74 valence electrons. The second kappa shape index (κ2) is 4.75. The van der Waals surface area contributed by atoms with Crippen molar-refractivity contribution in [1.82, 2.24) is 0 Å². The summed E-state index contributed by atoms with van der Waals surface area (Å²) < 4.78 is 0. The Balaban J connectivity index is 2.74. The zero-order valence-electron chi connectivity index (χ0n) is 8.01. The second-order valence-electron chi connectivity index (χ2n) is 3.29. The van der Waals surface area contributed by atoms with Crippen LogP contribution in [0.15, 0.2) is 24.3 Å². The molecule has 2 unspecified atom stereocenters. The van der Waals surface area contributed by atoms with Crippen LogP contribution in [0.5, 0.6) is 0 Å². The van der Waals surface area contributed by atoms with E-state index in [1.54, 1.807) is 12.1 Å². The van der Waals surface area contributed by atoms with Gasteiger partial charge in [-0.05, 0) is 12.5 Å². The minimum Gasteiger partial charge on any atom is -0.389 e. The summed E-state index contributed by atoms with van der Waals surface area (Å²) in [5.41, 5.74) is 1.73. The molecule has 0 aromatic heterocycles. The van der Waals surface area contributed by atoms with Crippen LogP contribution in [-0.4, -0.2) is 16.3 Å². The van der Waals surface area contributed by atoms with Crippen molar-refractivity contribution >= 4 is 0 Å². The van der Waals surface area contributed by atoms with E-state index in [-0.39, 0.29) is 6.42 Å². The maximum absolute atomic E-state index is 9.61. The van der Waals surface area contributed by atoms with E-state index in [9.17, 15) is 10.2 Å². The molecule has 0 aliphatic heterocycles. The zero-order chi connectivity index (χ0) is 10.6. The van der Waals surface area contributed by atoms with Gasteiger partial charge in [-0.2, -0.15) is 5.26 Å². The first-order chi connectivity index (χ1) is 6.65. The molecule has 3 nitrogen and oxygen atoms in total. The van der Waals surface area contributed by atoms with Crippen LogP contribution in [0, 0.1) is 18.3 Å². The zero-order valence-corrected chi connectivity index (χ0v) is 8.01. The number of hydrogen-bond acceptors (Lipinski definition) is 3. The molecule has 0 heterocycles. The molecule has 0 bridgehead atoms. The summed E-state index contributed by atoms with van der Waals surface area (Å²) in [7, 11) is 0. The average molecular weight is 191 g/mol. The van der Waals surface area contributed by atoms with Gasteiger partial charge >= 0.3 is 0 Å². The molecule has 0 amide bonds. The fraction of sp³-hybridized carbons (Fsp3) is 0.364. The van der Waals surface area contributed by atoms with Gasteiger partial charge in [0.15, 0.2) is 0 Å². The van der Waals surface area contributed by atoms with Crippen molar-refractivity contribution in [3.63, 3.8) is 0 Å². The number of nitriles is 1. The first-order valence-electron chi connectivity index (χ1n) is 4.45. The third kappa shape index (κ3) is 2.56. The van der Waals surface area contributed by atoms with Crippen molar-refractivity contribution in [3.8, 4) is 6.07 Å². The number of aliphatic hydroxyl groups excluding tert-OH is 2. The van der Waals surface area contributed by atoms with Crippen LogP contribution in [0.4, 0.5) is 0 Å². The predicted octanol–water partition coefficient (Wildman–Crippen LogP) is 1.30. The quantitative estimate of drug-likeness (QED) is 0.757. The fourth-order valence-corrected chi connectivity index (χ4v) is 1.19. The molecule has 1 aromatic rings. The van der Waals surface area contributed by atoms with Gasteiger partial charge in [0.25, 0.3) is 0 Å². The minimum atomic E-state index is -1.01. The van der Waals surface area contributed by atoms with E-state index in [4.69, 9.17) is 5.26 Å². The molecule has 3 heteroatoms. The van der Waals surface area contributed by atoms with E-state index in [2.05, 4.69) is 0 Å². The van der Waals surface area contributed by atoms with Gasteiger partial charge in [-0.25, -0.2) is 0 Å². The van der Waals surface area contributed by atoms with Crippen molar-refractivity contribution in [2.24, 2.45) is 0 Å². The Morgan fingerprint density at radius 2 is 1.86 bits per heavy atom. The Morgan fingerprint density at radius 1 is 1.29 bits per heavy atom. The van der Waals surface area contributed by atoms with Gasteiger partial charge < -0.3 is 10.2 Å². The molecule has 2 atom stereocenters. The smallest absolute Gasteiger partial charge is 0.106 e. The van der Waals surface area contributed by atoms with Crippen LogP contribution in [0.1, 0.15) is 23.7 Å². The molecule has 1 aromatic carbocycles. The number of aryl methyl sites for hydroxylation is 1. The molecular weight excluding hydrogens is 178 g/mol. The van der Waals surface area contributed by atoms with Crippen molar-refractivity contribution in [2.75, 3.05) is 0 Å².